The van der Waals surface area contributed by atoms with E-state index in [1.165, 1.54) is 12.1 Å². The van der Waals surface area contributed by atoms with Gasteiger partial charge in [-0.1, -0.05) is 24.3 Å². The van der Waals surface area contributed by atoms with E-state index in [2.05, 4.69) is 5.32 Å². The first-order chi connectivity index (χ1) is 9.60. The zero-order valence-corrected chi connectivity index (χ0v) is 11.1. The number of hydrogen-bond donors (Lipinski definition) is 2. The molecule has 1 unspecified atom stereocenters. The molecule has 0 spiro atoms. The molecular formula is C15H16N2O3. The van der Waals surface area contributed by atoms with Crippen molar-refractivity contribution in [2.24, 2.45) is 0 Å². The number of aliphatic hydroxyl groups is 1. The molecule has 0 bridgehead atoms. The number of nitro benzene ring substituents is 1. The Morgan fingerprint density at radius 3 is 2.55 bits per heavy atom. The molecule has 5 nitrogen and oxygen atoms in total. The number of anilines is 1. The van der Waals surface area contributed by atoms with Crippen LogP contribution in [0.1, 0.15) is 24.1 Å². The van der Waals surface area contributed by atoms with E-state index in [0.717, 1.165) is 16.8 Å². The van der Waals surface area contributed by atoms with E-state index < -0.39 is 4.92 Å². The molecule has 0 aliphatic heterocycles. The number of benzene rings is 2. The monoisotopic (exact) mass is 272 g/mol. The van der Waals surface area contributed by atoms with E-state index in [4.69, 9.17) is 5.11 Å². The first-order valence-corrected chi connectivity index (χ1v) is 6.31. The Hall–Kier alpha value is -2.40. The highest BCUT2D eigenvalue weighted by molar-refractivity contribution is 5.48. The second-order valence-corrected chi connectivity index (χ2v) is 4.57. The molecule has 2 rings (SSSR count). The van der Waals surface area contributed by atoms with Gasteiger partial charge in [0.1, 0.15) is 0 Å². The van der Waals surface area contributed by atoms with E-state index in [1.807, 2.05) is 31.2 Å². The van der Waals surface area contributed by atoms with E-state index in [-0.39, 0.29) is 18.3 Å². The predicted molar refractivity (Wildman–Crippen MR) is 77.5 cm³/mol. The lowest BCUT2D eigenvalue weighted by Crippen LogP contribution is -2.06. The fourth-order valence-corrected chi connectivity index (χ4v) is 1.98. The maximum absolute atomic E-state index is 10.6. The van der Waals surface area contributed by atoms with E-state index in [0.29, 0.717) is 0 Å². The van der Waals surface area contributed by atoms with Crippen molar-refractivity contribution in [2.75, 3.05) is 5.32 Å². The van der Waals surface area contributed by atoms with Gasteiger partial charge >= 0.3 is 0 Å². The lowest BCUT2D eigenvalue weighted by Gasteiger charge is -2.16. The number of aliphatic hydroxyl groups excluding tert-OH is 1. The fourth-order valence-electron chi connectivity index (χ4n) is 1.98. The van der Waals surface area contributed by atoms with Gasteiger partial charge in [-0.25, -0.2) is 0 Å². The molecule has 0 heterocycles. The van der Waals surface area contributed by atoms with Crippen molar-refractivity contribution in [1.82, 2.24) is 0 Å². The van der Waals surface area contributed by atoms with E-state index in [1.54, 1.807) is 12.1 Å². The molecule has 0 saturated carbocycles. The third kappa shape index (κ3) is 3.33. The molecular weight excluding hydrogens is 256 g/mol. The van der Waals surface area contributed by atoms with Gasteiger partial charge in [-0.2, -0.15) is 0 Å². The summed E-state index contributed by atoms with van der Waals surface area (Å²) in [6.07, 6.45) is 0. The molecule has 0 saturated heterocycles. The van der Waals surface area contributed by atoms with E-state index in [9.17, 15) is 10.1 Å². The average molecular weight is 272 g/mol. The Labute approximate surface area is 117 Å². The lowest BCUT2D eigenvalue weighted by atomic mass is 10.1. The van der Waals surface area contributed by atoms with Crippen LogP contribution >= 0.6 is 0 Å². The molecule has 1 atom stereocenters. The lowest BCUT2D eigenvalue weighted by molar-refractivity contribution is -0.384. The Morgan fingerprint density at radius 1 is 1.25 bits per heavy atom. The van der Waals surface area contributed by atoms with Gasteiger partial charge in [0.2, 0.25) is 0 Å². The van der Waals surface area contributed by atoms with Crippen LogP contribution in [0.2, 0.25) is 0 Å². The molecule has 20 heavy (non-hydrogen) atoms. The summed E-state index contributed by atoms with van der Waals surface area (Å²) in [7, 11) is 0. The first-order valence-electron chi connectivity index (χ1n) is 6.31. The largest absolute Gasteiger partial charge is 0.392 e. The van der Waals surface area contributed by atoms with Gasteiger partial charge in [-0.3, -0.25) is 10.1 Å². The maximum atomic E-state index is 10.6. The number of nitrogens with zero attached hydrogens (tertiary/aromatic N) is 1. The van der Waals surface area contributed by atoms with Gasteiger partial charge in [0.25, 0.3) is 5.69 Å². The summed E-state index contributed by atoms with van der Waals surface area (Å²) in [4.78, 5) is 10.2. The van der Waals surface area contributed by atoms with Crippen LogP contribution in [0, 0.1) is 10.1 Å². The van der Waals surface area contributed by atoms with Crippen molar-refractivity contribution in [3.05, 3.63) is 69.8 Å². The summed E-state index contributed by atoms with van der Waals surface area (Å²) in [5, 5.41) is 23.0. The standard InChI is InChI=1S/C15H16N2O3/c1-11(13-5-7-15(8-6-13)17(19)20)16-14-4-2-3-12(9-14)10-18/h2-9,11,16,18H,10H2,1H3. The summed E-state index contributed by atoms with van der Waals surface area (Å²) in [5.74, 6) is 0. The molecule has 0 radical (unpaired) electrons. The molecule has 2 aromatic rings. The average Bonchev–Trinajstić information content (AvgIpc) is 2.47. The smallest absolute Gasteiger partial charge is 0.269 e. The van der Waals surface area contributed by atoms with Crippen molar-refractivity contribution in [2.45, 2.75) is 19.6 Å². The molecule has 2 aromatic carbocycles. The van der Waals surface area contributed by atoms with Crippen LogP contribution in [0.4, 0.5) is 11.4 Å². The van der Waals surface area contributed by atoms with Crippen molar-refractivity contribution in [1.29, 1.82) is 0 Å². The van der Waals surface area contributed by atoms with Crippen molar-refractivity contribution < 1.29 is 10.0 Å². The minimum Gasteiger partial charge on any atom is -0.392 e. The molecule has 0 fully saturated rings. The number of non-ortho nitro benzene ring substituents is 1. The summed E-state index contributed by atoms with van der Waals surface area (Å²) in [5.41, 5.74) is 2.79. The predicted octanol–water partition coefficient (Wildman–Crippen LogP) is 3.26. The molecule has 5 heteroatoms. The van der Waals surface area contributed by atoms with Crippen LogP contribution in [0.5, 0.6) is 0 Å². The van der Waals surface area contributed by atoms with Crippen LogP contribution in [-0.2, 0) is 6.61 Å². The Balaban J connectivity index is 2.10. The van der Waals surface area contributed by atoms with Crippen molar-refractivity contribution in [3.8, 4) is 0 Å². The van der Waals surface area contributed by atoms with Gasteiger partial charge in [0.15, 0.2) is 0 Å². The maximum Gasteiger partial charge on any atom is 0.269 e. The van der Waals surface area contributed by atoms with Crippen LogP contribution in [-0.4, -0.2) is 10.0 Å². The van der Waals surface area contributed by atoms with Crippen LogP contribution in [0.25, 0.3) is 0 Å². The highest BCUT2D eigenvalue weighted by Gasteiger charge is 2.09. The van der Waals surface area contributed by atoms with Gasteiger partial charge in [-0.15, -0.1) is 0 Å². The Kier molecular flexibility index (Phi) is 4.32. The third-order valence-electron chi connectivity index (χ3n) is 3.10. The Morgan fingerprint density at radius 2 is 1.95 bits per heavy atom. The Bertz CT molecular complexity index is 596. The van der Waals surface area contributed by atoms with Gasteiger partial charge in [-0.05, 0) is 30.2 Å². The molecule has 2 N–H and O–H groups in total. The van der Waals surface area contributed by atoms with Gasteiger partial charge in [0, 0.05) is 23.9 Å². The summed E-state index contributed by atoms with van der Waals surface area (Å²) >= 11 is 0. The zero-order valence-electron chi connectivity index (χ0n) is 11.1. The van der Waals surface area contributed by atoms with E-state index >= 15 is 0 Å². The summed E-state index contributed by atoms with van der Waals surface area (Å²) < 4.78 is 0. The van der Waals surface area contributed by atoms with Crippen molar-refractivity contribution in [3.63, 3.8) is 0 Å². The van der Waals surface area contributed by atoms with Crippen LogP contribution < -0.4 is 5.32 Å². The molecule has 0 aromatic heterocycles. The number of nitrogens with one attached hydrogen (secondary N) is 1. The number of rotatable bonds is 5. The van der Waals surface area contributed by atoms with Gasteiger partial charge in [0.05, 0.1) is 11.5 Å². The van der Waals surface area contributed by atoms with Gasteiger partial charge < -0.3 is 10.4 Å². The second-order valence-electron chi connectivity index (χ2n) is 4.57. The normalized spacial score (nSPS) is 11.9. The number of nitro groups is 1. The molecule has 0 aliphatic carbocycles. The molecule has 0 aliphatic rings. The number of hydrogen-bond acceptors (Lipinski definition) is 4. The topological polar surface area (TPSA) is 75.4 Å². The molecule has 0 amide bonds. The highest BCUT2D eigenvalue weighted by atomic mass is 16.6. The SMILES string of the molecule is CC(Nc1cccc(CO)c1)c1ccc([N+](=O)[O-])cc1. The first kappa shape index (κ1) is 14.0. The summed E-state index contributed by atoms with van der Waals surface area (Å²) in [6.45, 7) is 1.98. The summed E-state index contributed by atoms with van der Waals surface area (Å²) in [6, 6.07) is 14.0. The quantitative estimate of drug-likeness (QED) is 0.647. The second kappa shape index (κ2) is 6.16. The van der Waals surface area contributed by atoms with Crippen LogP contribution in [0.3, 0.4) is 0 Å². The molecule has 104 valence electrons. The third-order valence-corrected chi connectivity index (χ3v) is 3.10. The fraction of sp³-hybridized carbons (Fsp3) is 0.200. The zero-order chi connectivity index (χ0) is 14.5. The minimum absolute atomic E-state index is 0.00142. The van der Waals surface area contributed by atoms with Crippen LogP contribution in [0.15, 0.2) is 48.5 Å². The van der Waals surface area contributed by atoms with Crippen molar-refractivity contribution >= 4 is 11.4 Å². The minimum atomic E-state index is -0.410. The highest BCUT2D eigenvalue weighted by Crippen LogP contribution is 2.22.